The monoisotopic (exact) mass is 314 g/mol. The highest BCUT2D eigenvalue weighted by Crippen LogP contribution is 2.28. The lowest BCUT2D eigenvalue weighted by Crippen LogP contribution is -2.30. The molecule has 1 heterocycles. The molecule has 0 fully saturated rings. The number of thiophene rings is 1. The molecule has 0 bridgehead atoms. The SMILES string of the molecule is CCOC(=O)c1c(C)csc1NC(=O)NCCCC(=O)O. The number of carbonyl (C=O) groups excluding carboxylic acids is 2. The van der Waals surface area contributed by atoms with Crippen LogP contribution in [0.25, 0.3) is 0 Å². The molecule has 0 aliphatic heterocycles. The summed E-state index contributed by atoms with van der Waals surface area (Å²) in [5.74, 6) is -1.38. The van der Waals surface area contributed by atoms with E-state index in [9.17, 15) is 14.4 Å². The van der Waals surface area contributed by atoms with Crippen LogP contribution in [0.5, 0.6) is 0 Å². The standard InChI is InChI=1S/C13H18N2O5S/c1-3-20-12(18)10-8(2)7-21-11(10)15-13(19)14-6-4-5-9(16)17/h7H,3-6H2,1-2H3,(H,16,17)(H2,14,15,19). The molecule has 1 aromatic heterocycles. The van der Waals surface area contributed by atoms with Crippen molar-refractivity contribution in [1.29, 1.82) is 0 Å². The average molecular weight is 314 g/mol. The number of amides is 2. The Kier molecular flexibility index (Phi) is 6.67. The van der Waals surface area contributed by atoms with Crippen LogP contribution in [0.3, 0.4) is 0 Å². The largest absolute Gasteiger partial charge is 0.481 e. The van der Waals surface area contributed by atoms with Crippen LogP contribution in [0, 0.1) is 6.92 Å². The zero-order valence-electron chi connectivity index (χ0n) is 11.9. The van der Waals surface area contributed by atoms with Crippen molar-refractivity contribution in [2.24, 2.45) is 0 Å². The number of ether oxygens (including phenoxy) is 1. The van der Waals surface area contributed by atoms with E-state index in [1.807, 2.05) is 0 Å². The number of carboxylic acids is 1. The lowest BCUT2D eigenvalue weighted by atomic mass is 10.2. The Labute approximate surface area is 126 Å². The maximum Gasteiger partial charge on any atom is 0.341 e. The van der Waals surface area contributed by atoms with Crippen LogP contribution in [0.15, 0.2) is 5.38 Å². The van der Waals surface area contributed by atoms with Gasteiger partial charge in [-0.3, -0.25) is 10.1 Å². The van der Waals surface area contributed by atoms with E-state index in [0.717, 1.165) is 5.56 Å². The first-order valence-electron chi connectivity index (χ1n) is 6.47. The third kappa shape index (κ3) is 5.42. The molecule has 3 N–H and O–H groups in total. The van der Waals surface area contributed by atoms with E-state index < -0.39 is 18.0 Å². The van der Waals surface area contributed by atoms with E-state index in [1.54, 1.807) is 19.2 Å². The number of rotatable bonds is 7. The summed E-state index contributed by atoms with van der Waals surface area (Å²) in [6.45, 7) is 3.98. The molecule has 0 aliphatic carbocycles. The number of aliphatic carboxylic acids is 1. The van der Waals surface area contributed by atoms with Gasteiger partial charge in [-0.2, -0.15) is 0 Å². The van der Waals surface area contributed by atoms with E-state index in [4.69, 9.17) is 9.84 Å². The Hall–Kier alpha value is -2.09. The van der Waals surface area contributed by atoms with Gasteiger partial charge in [0.25, 0.3) is 0 Å². The summed E-state index contributed by atoms with van der Waals surface area (Å²) in [5.41, 5.74) is 1.09. The third-order valence-corrected chi connectivity index (χ3v) is 3.55. The van der Waals surface area contributed by atoms with Gasteiger partial charge in [-0.25, -0.2) is 9.59 Å². The minimum absolute atomic E-state index is 0.00747. The Morgan fingerprint density at radius 3 is 2.71 bits per heavy atom. The van der Waals surface area contributed by atoms with E-state index >= 15 is 0 Å². The summed E-state index contributed by atoms with van der Waals surface area (Å²) in [6, 6.07) is -0.479. The van der Waals surface area contributed by atoms with Crippen molar-refractivity contribution in [2.75, 3.05) is 18.5 Å². The van der Waals surface area contributed by atoms with E-state index in [2.05, 4.69) is 10.6 Å². The number of anilines is 1. The summed E-state index contributed by atoms with van der Waals surface area (Å²) in [6.07, 6.45) is 0.337. The van der Waals surface area contributed by atoms with E-state index in [0.29, 0.717) is 17.0 Å². The minimum Gasteiger partial charge on any atom is -0.481 e. The topological polar surface area (TPSA) is 105 Å². The van der Waals surface area contributed by atoms with Crippen molar-refractivity contribution >= 4 is 34.3 Å². The van der Waals surface area contributed by atoms with Gasteiger partial charge in [0.05, 0.1) is 12.2 Å². The molecule has 0 saturated carbocycles. The highest BCUT2D eigenvalue weighted by Gasteiger charge is 2.19. The average Bonchev–Trinajstić information content (AvgIpc) is 2.76. The summed E-state index contributed by atoms with van der Waals surface area (Å²) < 4.78 is 4.94. The lowest BCUT2D eigenvalue weighted by Gasteiger charge is -2.08. The molecule has 8 heteroatoms. The minimum atomic E-state index is -0.907. The summed E-state index contributed by atoms with van der Waals surface area (Å²) in [5, 5.41) is 15.8. The number of carboxylic acid groups (broad SMARTS) is 1. The van der Waals surface area contributed by atoms with Gasteiger partial charge >= 0.3 is 18.0 Å². The highest BCUT2D eigenvalue weighted by atomic mass is 32.1. The number of hydrogen-bond acceptors (Lipinski definition) is 5. The molecule has 21 heavy (non-hydrogen) atoms. The first kappa shape index (κ1) is 17.0. The molecular weight excluding hydrogens is 296 g/mol. The molecule has 0 aliphatic rings. The van der Waals surface area contributed by atoms with Crippen molar-refractivity contribution in [1.82, 2.24) is 5.32 Å². The number of carbonyl (C=O) groups is 3. The maximum atomic E-state index is 11.8. The molecule has 116 valence electrons. The number of aryl methyl sites for hydroxylation is 1. The first-order chi connectivity index (χ1) is 9.95. The van der Waals surface area contributed by atoms with Crippen LogP contribution < -0.4 is 10.6 Å². The number of urea groups is 1. The van der Waals surface area contributed by atoms with Crippen molar-refractivity contribution in [2.45, 2.75) is 26.7 Å². The molecule has 0 saturated heterocycles. The van der Waals surface area contributed by atoms with Crippen LogP contribution >= 0.6 is 11.3 Å². The van der Waals surface area contributed by atoms with Crippen LogP contribution in [0.4, 0.5) is 9.80 Å². The smallest absolute Gasteiger partial charge is 0.341 e. The molecule has 0 aromatic carbocycles. The van der Waals surface area contributed by atoms with Gasteiger partial charge in [-0.1, -0.05) is 0 Å². The number of esters is 1. The zero-order valence-corrected chi connectivity index (χ0v) is 12.7. The summed E-state index contributed by atoms with van der Waals surface area (Å²) in [7, 11) is 0. The van der Waals surface area contributed by atoms with Crippen LogP contribution in [-0.4, -0.2) is 36.2 Å². The Morgan fingerprint density at radius 1 is 1.38 bits per heavy atom. The molecule has 0 radical (unpaired) electrons. The molecule has 7 nitrogen and oxygen atoms in total. The first-order valence-corrected chi connectivity index (χ1v) is 7.35. The molecule has 1 rings (SSSR count). The zero-order chi connectivity index (χ0) is 15.8. The van der Waals surface area contributed by atoms with Gasteiger partial charge in [0.15, 0.2) is 0 Å². The summed E-state index contributed by atoms with van der Waals surface area (Å²) >= 11 is 1.24. The predicted octanol–water partition coefficient (Wildman–Crippen LogP) is 2.22. The van der Waals surface area contributed by atoms with Gasteiger partial charge in [0, 0.05) is 13.0 Å². The van der Waals surface area contributed by atoms with Crippen LogP contribution in [0.2, 0.25) is 0 Å². The molecule has 0 atom stereocenters. The number of nitrogens with one attached hydrogen (secondary N) is 2. The van der Waals surface area contributed by atoms with Gasteiger partial charge in [-0.15, -0.1) is 11.3 Å². The highest BCUT2D eigenvalue weighted by molar-refractivity contribution is 7.15. The fourth-order valence-electron chi connectivity index (χ4n) is 1.58. The van der Waals surface area contributed by atoms with Gasteiger partial charge in [0.1, 0.15) is 5.00 Å². The molecular formula is C13H18N2O5S. The Bertz CT molecular complexity index is 527. The Morgan fingerprint density at radius 2 is 2.10 bits per heavy atom. The second kappa shape index (κ2) is 8.25. The fourth-order valence-corrected chi connectivity index (χ4v) is 2.51. The molecule has 2 amide bonds. The van der Waals surface area contributed by atoms with Crippen LogP contribution in [0.1, 0.15) is 35.7 Å². The molecule has 0 spiro atoms. The van der Waals surface area contributed by atoms with Gasteiger partial charge < -0.3 is 15.2 Å². The summed E-state index contributed by atoms with van der Waals surface area (Å²) in [4.78, 5) is 33.8. The van der Waals surface area contributed by atoms with Crippen molar-refractivity contribution in [3.05, 3.63) is 16.5 Å². The quantitative estimate of drug-likeness (QED) is 0.529. The molecule has 0 unspecified atom stereocenters. The third-order valence-electron chi connectivity index (χ3n) is 2.53. The van der Waals surface area contributed by atoms with Gasteiger partial charge in [0.2, 0.25) is 0 Å². The second-order valence-electron chi connectivity index (χ2n) is 4.22. The van der Waals surface area contributed by atoms with E-state index in [-0.39, 0.29) is 19.6 Å². The van der Waals surface area contributed by atoms with Crippen molar-refractivity contribution in [3.63, 3.8) is 0 Å². The number of hydrogen-bond donors (Lipinski definition) is 3. The predicted molar refractivity (Wildman–Crippen MR) is 78.9 cm³/mol. The lowest BCUT2D eigenvalue weighted by molar-refractivity contribution is -0.137. The van der Waals surface area contributed by atoms with E-state index in [1.165, 1.54) is 11.3 Å². The van der Waals surface area contributed by atoms with Crippen LogP contribution in [-0.2, 0) is 9.53 Å². The normalized spacial score (nSPS) is 10.0. The molecule has 1 aromatic rings. The van der Waals surface area contributed by atoms with Crippen molar-refractivity contribution in [3.8, 4) is 0 Å². The van der Waals surface area contributed by atoms with Gasteiger partial charge in [-0.05, 0) is 31.2 Å². The second-order valence-corrected chi connectivity index (χ2v) is 5.10. The van der Waals surface area contributed by atoms with Crippen molar-refractivity contribution < 1.29 is 24.2 Å². The fraction of sp³-hybridized carbons (Fsp3) is 0.462. The Balaban J connectivity index is 2.56. The maximum absolute atomic E-state index is 11.8.